The molecule has 0 aliphatic heterocycles. The van der Waals surface area contributed by atoms with Crippen molar-refractivity contribution >= 4 is 21.9 Å². The van der Waals surface area contributed by atoms with Crippen LogP contribution < -0.4 is 10.0 Å². The van der Waals surface area contributed by atoms with Crippen molar-refractivity contribution in [1.29, 1.82) is 0 Å². The highest BCUT2D eigenvalue weighted by atomic mass is 32.2. The second-order valence-electron chi connectivity index (χ2n) is 6.61. The van der Waals surface area contributed by atoms with Crippen molar-refractivity contribution < 1.29 is 23.1 Å². The lowest BCUT2D eigenvalue weighted by molar-refractivity contribution is -0.142. The molecule has 0 aromatic rings. The fraction of sp³-hybridized carbons (Fsp3) is 0.857. The third kappa shape index (κ3) is 5.57. The Bertz CT molecular complexity index is 511. The molecule has 0 unspecified atom stereocenters. The maximum absolute atomic E-state index is 12.3. The Labute approximate surface area is 131 Å². The van der Waals surface area contributed by atoms with Crippen LogP contribution >= 0.6 is 0 Å². The van der Waals surface area contributed by atoms with Gasteiger partial charge in [0.2, 0.25) is 15.9 Å². The number of nitrogens with one attached hydrogen (secondary N) is 2. The summed E-state index contributed by atoms with van der Waals surface area (Å²) in [6, 6.07) is -1.97. The van der Waals surface area contributed by atoms with Crippen LogP contribution in [-0.2, 0) is 19.6 Å². The summed E-state index contributed by atoms with van der Waals surface area (Å²) in [4.78, 5) is 23.5. The number of carbonyl (C=O) groups is 2. The van der Waals surface area contributed by atoms with Gasteiger partial charge in [-0.1, -0.05) is 27.7 Å². The molecule has 0 saturated heterocycles. The van der Waals surface area contributed by atoms with Gasteiger partial charge in [0.05, 0.1) is 5.25 Å². The largest absolute Gasteiger partial charge is 0.480 e. The third-order valence-electron chi connectivity index (χ3n) is 3.53. The molecule has 7 nitrogen and oxygen atoms in total. The van der Waals surface area contributed by atoms with Crippen molar-refractivity contribution in [2.45, 2.75) is 64.3 Å². The Kier molecular flexibility index (Phi) is 6.37. The molecule has 1 aliphatic rings. The fourth-order valence-corrected chi connectivity index (χ4v) is 3.78. The Morgan fingerprint density at radius 3 is 2.09 bits per heavy atom. The van der Waals surface area contributed by atoms with Crippen LogP contribution in [-0.4, -0.2) is 42.7 Å². The number of carbonyl (C=O) groups excluding carboxylic acids is 1. The number of carboxylic acid groups (broad SMARTS) is 1. The van der Waals surface area contributed by atoms with E-state index in [9.17, 15) is 18.0 Å². The lowest BCUT2D eigenvalue weighted by Crippen LogP contribution is -2.54. The summed E-state index contributed by atoms with van der Waals surface area (Å²) in [5.41, 5.74) is 0. The second-order valence-corrected chi connectivity index (χ2v) is 8.61. The summed E-state index contributed by atoms with van der Waals surface area (Å²) in [5, 5.41) is 11.2. The SMILES string of the molecule is CC(C)C[C@@H](NC(=O)[C@H](NS(=O)(=O)C1CC1)C(C)C)C(=O)O. The van der Waals surface area contributed by atoms with Gasteiger partial charge >= 0.3 is 5.97 Å². The topological polar surface area (TPSA) is 113 Å². The molecule has 0 aromatic carbocycles. The zero-order valence-electron chi connectivity index (χ0n) is 13.5. The number of hydrogen-bond acceptors (Lipinski definition) is 4. The molecule has 0 spiro atoms. The monoisotopic (exact) mass is 334 g/mol. The summed E-state index contributed by atoms with van der Waals surface area (Å²) < 4.78 is 26.4. The average Bonchev–Trinajstić information content (AvgIpc) is 3.18. The zero-order valence-corrected chi connectivity index (χ0v) is 14.3. The van der Waals surface area contributed by atoms with E-state index in [4.69, 9.17) is 5.11 Å². The first-order valence-corrected chi connectivity index (χ1v) is 9.13. The molecule has 0 aromatic heterocycles. The van der Waals surface area contributed by atoms with Crippen molar-refractivity contribution in [3.05, 3.63) is 0 Å². The van der Waals surface area contributed by atoms with Gasteiger partial charge in [0.25, 0.3) is 0 Å². The zero-order chi connectivity index (χ0) is 17.1. The summed E-state index contributed by atoms with van der Waals surface area (Å²) in [5.74, 6) is -1.88. The summed E-state index contributed by atoms with van der Waals surface area (Å²) in [6.07, 6.45) is 1.50. The molecule has 0 radical (unpaired) electrons. The van der Waals surface area contributed by atoms with Crippen LogP contribution in [0.25, 0.3) is 0 Å². The smallest absolute Gasteiger partial charge is 0.326 e. The van der Waals surface area contributed by atoms with E-state index in [1.807, 2.05) is 13.8 Å². The summed E-state index contributed by atoms with van der Waals surface area (Å²) in [7, 11) is -3.51. The maximum Gasteiger partial charge on any atom is 0.326 e. The second kappa shape index (κ2) is 7.41. The molecule has 8 heteroatoms. The number of carboxylic acids is 1. The summed E-state index contributed by atoms with van der Waals surface area (Å²) in [6.45, 7) is 7.16. The predicted molar refractivity (Wildman–Crippen MR) is 82.7 cm³/mol. The molecule has 0 heterocycles. The van der Waals surface area contributed by atoms with Crippen LogP contribution in [0.5, 0.6) is 0 Å². The van der Waals surface area contributed by atoms with E-state index in [1.165, 1.54) is 0 Å². The van der Waals surface area contributed by atoms with Crippen molar-refractivity contribution in [3.63, 3.8) is 0 Å². The predicted octanol–water partition coefficient (Wildman–Crippen LogP) is 0.708. The van der Waals surface area contributed by atoms with E-state index >= 15 is 0 Å². The highest BCUT2D eigenvalue weighted by Crippen LogP contribution is 2.28. The highest BCUT2D eigenvalue weighted by Gasteiger charge is 2.39. The molecule has 1 saturated carbocycles. The van der Waals surface area contributed by atoms with Gasteiger partial charge in [-0.15, -0.1) is 0 Å². The molecule has 128 valence electrons. The first-order chi connectivity index (χ1) is 10.0. The molecular weight excluding hydrogens is 308 g/mol. The standard InChI is InChI=1S/C14H26N2O5S/c1-8(2)7-11(14(18)19)15-13(17)12(9(3)4)16-22(20,21)10-5-6-10/h8-12,16H,5-7H2,1-4H3,(H,15,17)(H,18,19)/t11-,12-/m1/s1. The van der Waals surface area contributed by atoms with Gasteiger partial charge in [-0.25, -0.2) is 17.9 Å². The van der Waals surface area contributed by atoms with E-state index in [2.05, 4.69) is 10.0 Å². The minimum Gasteiger partial charge on any atom is -0.480 e. The van der Waals surface area contributed by atoms with Gasteiger partial charge in [-0.2, -0.15) is 0 Å². The van der Waals surface area contributed by atoms with Gasteiger partial charge in [-0.3, -0.25) is 4.79 Å². The number of aliphatic carboxylic acids is 1. The van der Waals surface area contributed by atoms with Crippen molar-refractivity contribution in [1.82, 2.24) is 10.0 Å². The number of hydrogen-bond donors (Lipinski definition) is 3. The van der Waals surface area contributed by atoms with Gasteiger partial charge in [0.1, 0.15) is 12.1 Å². The van der Waals surface area contributed by atoms with Crippen LogP contribution in [0.1, 0.15) is 47.0 Å². The average molecular weight is 334 g/mol. The van der Waals surface area contributed by atoms with Crippen LogP contribution in [0.15, 0.2) is 0 Å². The Hall–Kier alpha value is -1.15. The van der Waals surface area contributed by atoms with Crippen molar-refractivity contribution in [3.8, 4) is 0 Å². The molecule has 2 atom stereocenters. The highest BCUT2D eigenvalue weighted by molar-refractivity contribution is 7.90. The Balaban J connectivity index is 2.77. The van der Waals surface area contributed by atoms with E-state index in [0.717, 1.165) is 0 Å². The molecule has 1 amide bonds. The summed E-state index contributed by atoms with van der Waals surface area (Å²) >= 11 is 0. The van der Waals surface area contributed by atoms with E-state index in [1.54, 1.807) is 13.8 Å². The first-order valence-electron chi connectivity index (χ1n) is 7.59. The molecule has 1 fully saturated rings. The van der Waals surface area contributed by atoms with E-state index in [0.29, 0.717) is 19.3 Å². The van der Waals surface area contributed by atoms with Crippen LogP contribution in [0.4, 0.5) is 0 Å². The van der Waals surface area contributed by atoms with Gasteiger partial charge < -0.3 is 10.4 Å². The Morgan fingerprint density at radius 1 is 1.18 bits per heavy atom. The molecule has 22 heavy (non-hydrogen) atoms. The number of rotatable bonds is 9. The minimum absolute atomic E-state index is 0.0991. The third-order valence-corrected chi connectivity index (χ3v) is 5.46. The van der Waals surface area contributed by atoms with Crippen molar-refractivity contribution in [2.24, 2.45) is 11.8 Å². The van der Waals surface area contributed by atoms with Crippen LogP contribution in [0.2, 0.25) is 0 Å². The molecule has 0 bridgehead atoms. The first kappa shape index (κ1) is 18.9. The van der Waals surface area contributed by atoms with Gasteiger partial charge in [-0.05, 0) is 31.1 Å². The Morgan fingerprint density at radius 2 is 1.73 bits per heavy atom. The number of sulfonamides is 1. The van der Waals surface area contributed by atoms with Crippen LogP contribution in [0.3, 0.4) is 0 Å². The van der Waals surface area contributed by atoms with Gasteiger partial charge in [0, 0.05) is 0 Å². The quantitative estimate of drug-likeness (QED) is 0.575. The molecular formula is C14H26N2O5S. The molecule has 1 rings (SSSR count). The number of amides is 1. The normalized spacial score (nSPS) is 18.3. The van der Waals surface area contributed by atoms with Crippen LogP contribution in [0, 0.1) is 11.8 Å². The minimum atomic E-state index is -3.51. The molecule has 1 aliphatic carbocycles. The lowest BCUT2D eigenvalue weighted by atomic mass is 10.0. The fourth-order valence-electron chi connectivity index (χ4n) is 2.10. The van der Waals surface area contributed by atoms with Crippen molar-refractivity contribution in [2.75, 3.05) is 0 Å². The van der Waals surface area contributed by atoms with E-state index < -0.39 is 39.2 Å². The van der Waals surface area contributed by atoms with E-state index in [-0.39, 0.29) is 11.8 Å². The maximum atomic E-state index is 12.3. The lowest BCUT2D eigenvalue weighted by Gasteiger charge is -2.24. The van der Waals surface area contributed by atoms with Gasteiger partial charge in [0.15, 0.2) is 0 Å². The molecule has 3 N–H and O–H groups in total.